The highest BCUT2D eigenvalue weighted by Crippen LogP contribution is 2.32. The summed E-state index contributed by atoms with van der Waals surface area (Å²) in [5.41, 5.74) is 0.547. The van der Waals surface area contributed by atoms with Crippen molar-refractivity contribution in [2.75, 3.05) is 0 Å². The highest BCUT2D eigenvalue weighted by Gasteiger charge is 2.15. The molecule has 2 rings (SSSR count). The van der Waals surface area contributed by atoms with E-state index in [1.165, 1.54) is 4.68 Å². The van der Waals surface area contributed by atoms with Gasteiger partial charge in [0.25, 0.3) is 0 Å². The first kappa shape index (κ1) is 13.8. The van der Waals surface area contributed by atoms with Gasteiger partial charge in [-0.2, -0.15) is 0 Å². The predicted octanol–water partition coefficient (Wildman–Crippen LogP) is 2.51. The third kappa shape index (κ3) is 3.21. The van der Waals surface area contributed by atoms with Crippen molar-refractivity contribution in [3.8, 4) is 11.4 Å². The van der Waals surface area contributed by atoms with E-state index in [2.05, 4.69) is 15.5 Å². The van der Waals surface area contributed by atoms with Gasteiger partial charge < -0.3 is 5.11 Å². The van der Waals surface area contributed by atoms with Crippen molar-refractivity contribution in [1.29, 1.82) is 0 Å². The molecule has 0 fully saturated rings. The summed E-state index contributed by atoms with van der Waals surface area (Å²) in [5, 5.41) is 20.8. The van der Waals surface area contributed by atoms with E-state index in [0.29, 0.717) is 34.4 Å². The van der Waals surface area contributed by atoms with Crippen LogP contribution in [0.2, 0.25) is 10.0 Å². The number of tetrazole rings is 1. The number of aryl methyl sites for hydroxylation is 1. The Hall–Kier alpha value is -1.66. The molecule has 0 spiro atoms. The third-order valence-electron chi connectivity index (χ3n) is 2.48. The smallest absolute Gasteiger partial charge is 0.303 e. The van der Waals surface area contributed by atoms with Gasteiger partial charge in [-0.15, -0.1) is 5.10 Å². The van der Waals surface area contributed by atoms with Crippen LogP contribution in [-0.2, 0) is 11.3 Å². The van der Waals surface area contributed by atoms with Crippen LogP contribution in [0.3, 0.4) is 0 Å². The van der Waals surface area contributed by atoms with Gasteiger partial charge in [0.15, 0.2) is 5.82 Å². The lowest BCUT2D eigenvalue weighted by molar-refractivity contribution is -0.137. The van der Waals surface area contributed by atoms with E-state index in [-0.39, 0.29) is 6.42 Å². The molecule has 1 heterocycles. The van der Waals surface area contributed by atoms with E-state index in [0.717, 1.165) is 0 Å². The van der Waals surface area contributed by atoms with Gasteiger partial charge in [-0.3, -0.25) is 4.79 Å². The second-order valence-electron chi connectivity index (χ2n) is 3.82. The van der Waals surface area contributed by atoms with Gasteiger partial charge in [0.2, 0.25) is 0 Å². The summed E-state index contributed by atoms with van der Waals surface area (Å²) in [6.45, 7) is 0.385. The Balaban J connectivity index is 2.26. The van der Waals surface area contributed by atoms with Crippen LogP contribution in [0.1, 0.15) is 12.8 Å². The van der Waals surface area contributed by atoms with E-state index in [9.17, 15) is 4.79 Å². The average Bonchev–Trinajstić information content (AvgIpc) is 2.77. The van der Waals surface area contributed by atoms with E-state index in [1.807, 2.05) is 0 Å². The molecule has 2 aromatic rings. The maximum atomic E-state index is 10.5. The Morgan fingerprint density at radius 3 is 2.63 bits per heavy atom. The molecular weight excluding hydrogens is 291 g/mol. The van der Waals surface area contributed by atoms with E-state index < -0.39 is 5.97 Å². The first-order valence-corrected chi connectivity index (χ1v) is 6.27. The quantitative estimate of drug-likeness (QED) is 0.917. The molecular formula is C11H10Cl2N4O2. The van der Waals surface area contributed by atoms with Crippen molar-refractivity contribution < 1.29 is 9.90 Å². The lowest BCUT2D eigenvalue weighted by atomic mass is 10.2. The first-order valence-electron chi connectivity index (χ1n) is 5.52. The molecule has 100 valence electrons. The number of carboxylic acid groups (broad SMARTS) is 1. The van der Waals surface area contributed by atoms with Gasteiger partial charge in [-0.25, -0.2) is 4.68 Å². The zero-order valence-corrected chi connectivity index (χ0v) is 11.3. The molecule has 0 saturated carbocycles. The molecule has 0 bridgehead atoms. The number of hydrogen-bond acceptors (Lipinski definition) is 4. The summed E-state index contributed by atoms with van der Waals surface area (Å²) in [6.07, 6.45) is 0.477. The summed E-state index contributed by atoms with van der Waals surface area (Å²) in [7, 11) is 0. The van der Waals surface area contributed by atoms with Crippen LogP contribution < -0.4 is 0 Å². The molecule has 0 atom stereocenters. The number of aliphatic carboxylic acids is 1. The maximum Gasteiger partial charge on any atom is 0.303 e. The molecule has 0 aliphatic rings. The van der Waals surface area contributed by atoms with Gasteiger partial charge >= 0.3 is 5.97 Å². The summed E-state index contributed by atoms with van der Waals surface area (Å²) in [4.78, 5) is 10.5. The van der Waals surface area contributed by atoms with E-state index in [1.54, 1.807) is 18.2 Å². The van der Waals surface area contributed by atoms with Crippen LogP contribution in [0.5, 0.6) is 0 Å². The number of nitrogens with zero attached hydrogens (tertiary/aromatic N) is 4. The molecule has 6 nitrogen and oxygen atoms in total. The number of benzene rings is 1. The molecule has 8 heteroatoms. The summed E-state index contributed by atoms with van der Waals surface area (Å²) in [5.74, 6) is -0.425. The zero-order chi connectivity index (χ0) is 13.8. The number of halogens is 2. The zero-order valence-electron chi connectivity index (χ0n) is 9.75. The number of aromatic nitrogens is 4. The fraction of sp³-hybridized carbons (Fsp3) is 0.273. The van der Waals surface area contributed by atoms with Gasteiger partial charge in [0.1, 0.15) is 0 Å². The van der Waals surface area contributed by atoms with Crippen LogP contribution in [0.4, 0.5) is 0 Å². The summed E-state index contributed by atoms with van der Waals surface area (Å²) in [6, 6.07) is 5.12. The fourth-order valence-electron chi connectivity index (χ4n) is 1.63. The van der Waals surface area contributed by atoms with E-state index in [4.69, 9.17) is 28.3 Å². The van der Waals surface area contributed by atoms with Crippen LogP contribution >= 0.6 is 23.2 Å². The molecule has 0 aliphatic carbocycles. The first-order chi connectivity index (χ1) is 9.09. The van der Waals surface area contributed by atoms with Crippen molar-refractivity contribution >= 4 is 29.2 Å². The van der Waals surface area contributed by atoms with Gasteiger partial charge in [0, 0.05) is 13.0 Å². The van der Waals surface area contributed by atoms with Crippen molar-refractivity contribution in [2.24, 2.45) is 0 Å². The lowest BCUT2D eigenvalue weighted by Gasteiger charge is -2.07. The highest BCUT2D eigenvalue weighted by molar-refractivity contribution is 6.38. The topological polar surface area (TPSA) is 80.9 Å². The monoisotopic (exact) mass is 300 g/mol. The molecule has 0 unspecified atom stereocenters. The highest BCUT2D eigenvalue weighted by atomic mass is 35.5. The lowest BCUT2D eigenvalue weighted by Crippen LogP contribution is -2.06. The van der Waals surface area contributed by atoms with Crippen LogP contribution in [0.25, 0.3) is 11.4 Å². The molecule has 0 saturated heterocycles. The molecule has 1 aromatic carbocycles. The Morgan fingerprint density at radius 2 is 2.00 bits per heavy atom. The summed E-state index contributed by atoms with van der Waals surface area (Å²) >= 11 is 12.2. The third-order valence-corrected chi connectivity index (χ3v) is 3.11. The number of carbonyl (C=O) groups is 1. The molecule has 1 N–H and O–H groups in total. The van der Waals surface area contributed by atoms with Crippen LogP contribution in [0, 0.1) is 0 Å². The van der Waals surface area contributed by atoms with Gasteiger partial charge in [-0.1, -0.05) is 29.3 Å². The number of rotatable bonds is 5. The van der Waals surface area contributed by atoms with E-state index >= 15 is 0 Å². The largest absolute Gasteiger partial charge is 0.481 e. The summed E-state index contributed by atoms with van der Waals surface area (Å²) < 4.78 is 1.50. The van der Waals surface area contributed by atoms with Crippen molar-refractivity contribution in [2.45, 2.75) is 19.4 Å². The SMILES string of the molecule is O=C(O)CCCn1nnnc1-c1c(Cl)cccc1Cl. The maximum absolute atomic E-state index is 10.5. The average molecular weight is 301 g/mol. The van der Waals surface area contributed by atoms with Gasteiger partial charge in [-0.05, 0) is 29.0 Å². The van der Waals surface area contributed by atoms with Crippen molar-refractivity contribution in [3.05, 3.63) is 28.2 Å². The Kier molecular flexibility index (Phi) is 4.34. The molecule has 0 aliphatic heterocycles. The predicted molar refractivity (Wildman–Crippen MR) is 70.1 cm³/mol. The molecule has 1 aromatic heterocycles. The normalized spacial score (nSPS) is 10.6. The second-order valence-corrected chi connectivity index (χ2v) is 4.63. The Morgan fingerprint density at radius 1 is 1.32 bits per heavy atom. The minimum Gasteiger partial charge on any atom is -0.481 e. The minimum atomic E-state index is -0.856. The standard InChI is InChI=1S/C11H10Cl2N4O2/c12-7-3-1-4-8(13)10(7)11-14-15-16-17(11)6-2-5-9(18)19/h1,3-4H,2,5-6H2,(H,18,19). The van der Waals surface area contributed by atoms with Crippen LogP contribution in [0.15, 0.2) is 18.2 Å². The van der Waals surface area contributed by atoms with Crippen molar-refractivity contribution in [3.63, 3.8) is 0 Å². The molecule has 0 amide bonds. The fourth-order valence-corrected chi connectivity index (χ4v) is 2.19. The Bertz CT molecular complexity index is 580. The van der Waals surface area contributed by atoms with Crippen molar-refractivity contribution in [1.82, 2.24) is 20.2 Å². The molecule has 19 heavy (non-hydrogen) atoms. The Labute approximate surface area is 118 Å². The molecule has 0 radical (unpaired) electrons. The van der Waals surface area contributed by atoms with Crippen LogP contribution in [-0.4, -0.2) is 31.3 Å². The van der Waals surface area contributed by atoms with Gasteiger partial charge in [0.05, 0.1) is 15.6 Å². The second kappa shape index (κ2) is 5.99. The number of carboxylic acids is 1. The number of hydrogen-bond donors (Lipinski definition) is 1. The minimum absolute atomic E-state index is 0.0511.